The smallest absolute Gasteiger partial charge is 0.201 e. The lowest BCUT2D eigenvalue weighted by molar-refractivity contribution is 0.112. The minimum atomic E-state index is -1.72. The number of fused-ring (bicyclic) bond motifs is 1. The van der Waals surface area contributed by atoms with Gasteiger partial charge < -0.3 is 4.43 Å². The fraction of sp³-hybridized carbons (Fsp3) is 0.806. The highest BCUT2D eigenvalue weighted by atomic mass is 35.5. The number of hydrogen-bond donors (Lipinski definition) is 0. The van der Waals surface area contributed by atoms with E-state index in [2.05, 4.69) is 78.9 Å². The molecule has 7 atom stereocenters. The van der Waals surface area contributed by atoms with Crippen LogP contribution in [0.15, 0.2) is 35.5 Å². The van der Waals surface area contributed by atoms with Crippen LogP contribution in [0.3, 0.4) is 0 Å². The molecule has 34 heavy (non-hydrogen) atoms. The van der Waals surface area contributed by atoms with Crippen LogP contribution in [0, 0.1) is 40.9 Å². The molecule has 3 heteroatoms. The van der Waals surface area contributed by atoms with Crippen LogP contribution in [0.4, 0.5) is 0 Å². The fourth-order valence-corrected chi connectivity index (χ4v) is 8.42. The zero-order valence-electron chi connectivity index (χ0n) is 23.5. The maximum atomic E-state index is 6.52. The fourth-order valence-electron chi connectivity index (χ4n) is 7.07. The van der Waals surface area contributed by atoms with Gasteiger partial charge in [0.1, 0.15) is 0 Å². The van der Waals surface area contributed by atoms with Gasteiger partial charge in [0.25, 0.3) is 0 Å². The monoisotopic (exact) mass is 504 g/mol. The van der Waals surface area contributed by atoms with Gasteiger partial charge in [-0.3, -0.25) is 0 Å². The quantitative estimate of drug-likeness (QED) is 0.181. The van der Waals surface area contributed by atoms with Crippen molar-refractivity contribution in [1.82, 2.24) is 0 Å². The standard InChI is InChI=1S/C31H53ClOSi/c1-22(2)23(3)11-12-25(5)29-17-18-30-26(10-9-19-31(29,30)6)14-15-27-20-28(16-13-24(27)4)33-34(7,8)21-32/h11-12,14-15,22-25,28-30H,9-10,13,16-21H2,1-8H3/b12-11+,26-14+,27-15-/t23-,24+,25+,28?,29+,30-,31+/m0/s1. The molecule has 0 aromatic carbocycles. The van der Waals surface area contributed by atoms with Gasteiger partial charge in [0, 0.05) is 11.6 Å². The van der Waals surface area contributed by atoms with Crippen molar-refractivity contribution >= 4 is 19.9 Å². The molecule has 0 heterocycles. The SMILES string of the molecule is CC(C)[C@@H](C)/C=C/[C@@H](C)[C@H]1CC[C@H]2/C(=C/C=C3/CC(O[Si](C)(C)CCl)CC[C@H]3C)CCC[C@]12C. The Morgan fingerprint density at radius 2 is 1.74 bits per heavy atom. The second-order valence-corrected chi connectivity index (χ2v) is 18.1. The van der Waals surface area contributed by atoms with Gasteiger partial charge in [-0.15, -0.1) is 11.6 Å². The number of allylic oxidation sites excluding steroid dienone is 5. The van der Waals surface area contributed by atoms with Gasteiger partial charge in [-0.1, -0.05) is 77.0 Å². The molecule has 3 aliphatic rings. The summed E-state index contributed by atoms with van der Waals surface area (Å²) in [5.74, 6) is 4.34. The van der Waals surface area contributed by atoms with E-state index < -0.39 is 8.32 Å². The molecule has 0 N–H and O–H groups in total. The van der Waals surface area contributed by atoms with Crippen LogP contribution in [-0.4, -0.2) is 19.9 Å². The van der Waals surface area contributed by atoms with Gasteiger partial charge in [-0.25, -0.2) is 0 Å². The first kappa shape index (κ1) is 28.3. The van der Waals surface area contributed by atoms with Gasteiger partial charge in [0.15, 0.2) is 0 Å². The van der Waals surface area contributed by atoms with Crippen molar-refractivity contribution in [3.05, 3.63) is 35.5 Å². The van der Waals surface area contributed by atoms with Crippen LogP contribution < -0.4 is 0 Å². The van der Waals surface area contributed by atoms with Gasteiger partial charge in [0.2, 0.25) is 8.32 Å². The van der Waals surface area contributed by atoms with Crippen LogP contribution in [0.25, 0.3) is 0 Å². The van der Waals surface area contributed by atoms with Crippen LogP contribution in [0.1, 0.15) is 92.9 Å². The highest BCUT2D eigenvalue weighted by Gasteiger charge is 2.50. The molecule has 0 bridgehead atoms. The van der Waals surface area contributed by atoms with E-state index in [1.807, 2.05) is 0 Å². The second kappa shape index (κ2) is 11.8. The number of hydrogen-bond acceptors (Lipinski definition) is 1. The van der Waals surface area contributed by atoms with Gasteiger partial charge >= 0.3 is 0 Å². The Morgan fingerprint density at radius 1 is 1.03 bits per heavy atom. The zero-order valence-corrected chi connectivity index (χ0v) is 25.3. The van der Waals surface area contributed by atoms with Crippen molar-refractivity contribution in [2.45, 2.75) is 112 Å². The Kier molecular flexibility index (Phi) is 9.83. The van der Waals surface area contributed by atoms with Gasteiger partial charge in [-0.2, -0.15) is 0 Å². The first-order valence-electron chi connectivity index (χ1n) is 14.3. The summed E-state index contributed by atoms with van der Waals surface area (Å²) in [7, 11) is -1.72. The Labute approximate surface area is 218 Å². The summed E-state index contributed by atoms with van der Waals surface area (Å²) in [6.45, 7) is 19.1. The number of alkyl halides is 1. The molecule has 0 aliphatic heterocycles. The van der Waals surface area contributed by atoms with Crippen molar-refractivity contribution < 1.29 is 4.43 Å². The van der Waals surface area contributed by atoms with Gasteiger partial charge in [-0.05, 0) is 105 Å². The van der Waals surface area contributed by atoms with Crippen molar-refractivity contribution in [3.63, 3.8) is 0 Å². The molecule has 0 aromatic rings. The Balaban J connectivity index is 1.72. The van der Waals surface area contributed by atoms with E-state index in [9.17, 15) is 0 Å². The van der Waals surface area contributed by atoms with Crippen LogP contribution in [-0.2, 0) is 4.43 Å². The Hall–Kier alpha value is -0.313. The first-order chi connectivity index (χ1) is 16.0. The third-order valence-electron chi connectivity index (χ3n) is 9.78. The molecule has 0 saturated heterocycles. The minimum absolute atomic E-state index is 0.370. The molecule has 1 unspecified atom stereocenters. The molecular weight excluding hydrogens is 452 g/mol. The molecule has 0 spiro atoms. The van der Waals surface area contributed by atoms with E-state index in [4.69, 9.17) is 16.0 Å². The molecule has 0 aromatic heterocycles. The summed E-state index contributed by atoms with van der Waals surface area (Å²) in [5, 5.41) is 0. The van der Waals surface area contributed by atoms with E-state index in [0.29, 0.717) is 34.8 Å². The lowest BCUT2D eigenvalue weighted by atomic mass is 9.61. The van der Waals surface area contributed by atoms with Crippen molar-refractivity contribution in [3.8, 4) is 0 Å². The van der Waals surface area contributed by atoms with E-state index in [1.54, 1.807) is 11.1 Å². The lowest BCUT2D eigenvalue weighted by Gasteiger charge is -2.44. The van der Waals surface area contributed by atoms with Crippen molar-refractivity contribution in [1.29, 1.82) is 0 Å². The van der Waals surface area contributed by atoms with Crippen molar-refractivity contribution in [2.24, 2.45) is 40.9 Å². The molecule has 194 valence electrons. The predicted molar refractivity (Wildman–Crippen MR) is 153 cm³/mol. The van der Waals surface area contributed by atoms with E-state index in [-0.39, 0.29) is 0 Å². The Bertz CT molecular complexity index is 765. The number of halogens is 1. The molecule has 0 radical (unpaired) electrons. The summed E-state index contributed by atoms with van der Waals surface area (Å²) in [6, 6.07) is 0. The van der Waals surface area contributed by atoms with Crippen LogP contribution in [0.5, 0.6) is 0 Å². The molecule has 3 rings (SSSR count). The highest BCUT2D eigenvalue weighted by Crippen LogP contribution is 2.59. The topological polar surface area (TPSA) is 9.23 Å². The van der Waals surface area contributed by atoms with Gasteiger partial charge in [0.05, 0.1) is 0 Å². The summed E-state index contributed by atoms with van der Waals surface area (Å²) in [5.41, 5.74) is 4.49. The minimum Gasteiger partial charge on any atom is -0.413 e. The summed E-state index contributed by atoms with van der Waals surface area (Å²) in [6.07, 6.45) is 20.8. The maximum Gasteiger partial charge on any atom is 0.201 e. The van der Waals surface area contributed by atoms with Crippen LogP contribution in [0.2, 0.25) is 13.1 Å². The van der Waals surface area contributed by atoms with E-state index in [0.717, 1.165) is 24.2 Å². The van der Waals surface area contributed by atoms with Crippen LogP contribution >= 0.6 is 11.6 Å². The average Bonchev–Trinajstić information content (AvgIpc) is 3.14. The number of rotatable bonds is 8. The molecular formula is C31H53ClOSi. The Morgan fingerprint density at radius 3 is 2.41 bits per heavy atom. The molecule has 3 saturated carbocycles. The molecule has 1 nitrogen and oxygen atoms in total. The van der Waals surface area contributed by atoms with E-state index >= 15 is 0 Å². The third kappa shape index (κ3) is 6.71. The second-order valence-electron chi connectivity index (χ2n) is 13.2. The molecule has 3 fully saturated rings. The predicted octanol–water partition coefficient (Wildman–Crippen LogP) is 9.73. The van der Waals surface area contributed by atoms with Crippen molar-refractivity contribution in [2.75, 3.05) is 5.50 Å². The largest absolute Gasteiger partial charge is 0.413 e. The zero-order chi connectivity index (χ0) is 25.1. The molecule has 3 aliphatic carbocycles. The average molecular weight is 505 g/mol. The van der Waals surface area contributed by atoms with E-state index in [1.165, 1.54) is 44.9 Å². The molecule has 0 amide bonds. The summed E-state index contributed by atoms with van der Waals surface area (Å²) < 4.78 is 6.52. The highest BCUT2D eigenvalue weighted by molar-refractivity contribution is 6.77. The summed E-state index contributed by atoms with van der Waals surface area (Å²) >= 11 is 6.20. The lowest BCUT2D eigenvalue weighted by Crippen LogP contribution is -2.39. The first-order valence-corrected chi connectivity index (χ1v) is 17.9. The third-order valence-corrected chi connectivity index (χ3v) is 13.3. The normalized spacial score (nSPS) is 37.0. The maximum absolute atomic E-state index is 6.52. The summed E-state index contributed by atoms with van der Waals surface area (Å²) in [4.78, 5) is 0.